The van der Waals surface area contributed by atoms with E-state index in [4.69, 9.17) is 0 Å². The maximum Gasteiger partial charge on any atom is 0.139 e. The second kappa shape index (κ2) is 7.21. The van der Waals surface area contributed by atoms with E-state index in [1.54, 1.807) is 6.07 Å². The van der Waals surface area contributed by atoms with Crippen LogP contribution in [0.4, 0.5) is 0 Å². The molecule has 0 bridgehead atoms. The molecule has 3 aromatic carbocycles. The Labute approximate surface area is 178 Å². The molecule has 1 aliphatic carbocycles. The van der Waals surface area contributed by atoms with Crippen molar-refractivity contribution in [2.75, 3.05) is 0 Å². The van der Waals surface area contributed by atoms with Crippen molar-refractivity contribution in [3.05, 3.63) is 95.2 Å². The average molecular weight is 394 g/mol. The smallest absolute Gasteiger partial charge is 0.139 e. The monoisotopic (exact) mass is 393 g/mol. The van der Waals surface area contributed by atoms with E-state index in [1.165, 1.54) is 44.8 Å². The van der Waals surface area contributed by atoms with Gasteiger partial charge >= 0.3 is 0 Å². The number of aryl methyl sites for hydroxylation is 1. The summed E-state index contributed by atoms with van der Waals surface area (Å²) in [6.07, 6.45) is 2.08. The number of phenols is 1. The lowest BCUT2D eigenvalue weighted by molar-refractivity contribution is 0.472. The summed E-state index contributed by atoms with van der Waals surface area (Å²) in [5, 5.41) is 10.8. The molecular formula is C28H27NO. The van der Waals surface area contributed by atoms with Crippen LogP contribution < -0.4 is 0 Å². The Morgan fingerprint density at radius 3 is 2.23 bits per heavy atom. The molecule has 1 heterocycles. The number of aromatic nitrogens is 1. The Kier molecular flexibility index (Phi) is 4.51. The summed E-state index contributed by atoms with van der Waals surface area (Å²) < 4.78 is 2.28. The predicted octanol–water partition coefficient (Wildman–Crippen LogP) is 7.05. The van der Waals surface area contributed by atoms with Crippen molar-refractivity contribution in [1.29, 1.82) is 0 Å². The molecule has 1 aromatic heterocycles. The van der Waals surface area contributed by atoms with Crippen LogP contribution in [0.3, 0.4) is 0 Å². The second-order valence-corrected chi connectivity index (χ2v) is 8.51. The van der Waals surface area contributed by atoms with Gasteiger partial charge in [0.05, 0.1) is 11.4 Å². The third-order valence-electron chi connectivity index (χ3n) is 6.43. The first-order chi connectivity index (χ1) is 14.6. The van der Waals surface area contributed by atoms with Crippen LogP contribution in [0.25, 0.3) is 28.1 Å². The van der Waals surface area contributed by atoms with Gasteiger partial charge in [0.25, 0.3) is 0 Å². The molecule has 150 valence electrons. The first-order valence-corrected chi connectivity index (χ1v) is 10.8. The molecule has 0 saturated heterocycles. The van der Waals surface area contributed by atoms with Crippen LogP contribution in [0.1, 0.15) is 42.1 Å². The lowest BCUT2D eigenvalue weighted by atomic mass is 9.83. The predicted molar refractivity (Wildman–Crippen MR) is 125 cm³/mol. The lowest BCUT2D eigenvalue weighted by Crippen LogP contribution is -2.03. The van der Waals surface area contributed by atoms with E-state index in [0.717, 1.165) is 18.5 Å². The van der Waals surface area contributed by atoms with Gasteiger partial charge in [-0.2, -0.15) is 0 Å². The number of phenolic OH excluding ortho intramolecular Hbond substituents is 1. The van der Waals surface area contributed by atoms with Crippen molar-refractivity contribution >= 4 is 0 Å². The Morgan fingerprint density at radius 2 is 1.47 bits per heavy atom. The van der Waals surface area contributed by atoms with Crippen molar-refractivity contribution in [1.82, 2.24) is 4.57 Å². The number of nitrogens with zero attached hydrogens (tertiary/aromatic N) is 1. The Hall–Kier alpha value is -3.26. The van der Waals surface area contributed by atoms with Crippen LogP contribution in [0.2, 0.25) is 0 Å². The number of para-hydroxylation sites is 2. The fourth-order valence-electron chi connectivity index (χ4n) is 5.00. The van der Waals surface area contributed by atoms with Gasteiger partial charge in [-0.3, -0.25) is 0 Å². The maximum atomic E-state index is 10.8. The van der Waals surface area contributed by atoms with E-state index in [0.29, 0.717) is 11.7 Å². The summed E-state index contributed by atoms with van der Waals surface area (Å²) in [6.45, 7) is 6.69. The minimum absolute atomic E-state index is 0.310. The summed E-state index contributed by atoms with van der Waals surface area (Å²) >= 11 is 0. The molecule has 4 aromatic rings. The summed E-state index contributed by atoms with van der Waals surface area (Å²) in [6, 6.07) is 25.2. The van der Waals surface area contributed by atoms with E-state index in [1.807, 2.05) is 18.2 Å². The summed E-state index contributed by atoms with van der Waals surface area (Å²) in [4.78, 5) is 0. The van der Waals surface area contributed by atoms with Crippen LogP contribution in [0.15, 0.2) is 72.8 Å². The molecule has 0 aliphatic heterocycles. The normalized spacial score (nSPS) is 12.7. The zero-order chi connectivity index (χ0) is 20.8. The Morgan fingerprint density at radius 1 is 0.800 bits per heavy atom. The highest BCUT2D eigenvalue weighted by atomic mass is 16.3. The maximum absolute atomic E-state index is 10.8. The van der Waals surface area contributed by atoms with Crippen molar-refractivity contribution in [2.45, 2.75) is 39.5 Å². The molecule has 1 N–H and O–H groups in total. The number of fused-ring (bicyclic) bond motifs is 3. The van der Waals surface area contributed by atoms with Gasteiger partial charge in [0.1, 0.15) is 5.75 Å². The number of hydrogen-bond acceptors (Lipinski definition) is 1. The minimum Gasteiger partial charge on any atom is -0.506 e. The van der Waals surface area contributed by atoms with Crippen molar-refractivity contribution in [2.24, 2.45) is 0 Å². The molecule has 30 heavy (non-hydrogen) atoms. The summed E-state index contributed by atoms with van der Waals surface area (Å²) in [5.74, 6) is 0.716. The molecule has 2 nitrogen and oxygen atoms in total. The first-order valence-electron chi connectivity index (χ1n) is 10.8. The second-order valence-electron chi connectivity index (χ2n) is 8.51. The molecular weight excluding hydrogens is 366 g/mol. The number of rotatable bonds is 3. The van der Waals surface area contributed by atoms with Gasteiger partial charge in [-0.25, -0.2) is 0 Å². The molecule has 0 radical (unpaired) electrons. The fourth-order valence-corrected chi connectivity index (χ4v) is 5.00. The quantitative estimate of drug-likeness (QED) is 0.396. The SMILES string of the molecule is Cc1c2c(c(-c3ccccc3C(C)C)n1-c1ccccc1O)-c1ccccc1CC2. The van der Waals surface area contributed by atoms with Gasteiger partial charge in [0, 0.05) is 16.8 Å². The number of hydrogen-bond donors (Lipinski definition) is 1. The standard InChI is InChI=1S/C28H27NO/c1-18(2)21-11-6-7-13-24(21)28-27-22(17-16-20-10-4-5-12-23(20)27)19(3)29(28)25-14-8-9-15-26(25)30/h4-15,18,30H,16-17H2,1-3H3. The van der Waals surface area contributed by atoms with Crippen LogP contribution in [-0.2, 0) is 12.8 Å². The Bertz CT molecular complexity index is 1250. The van der Waals surface area contributed by atoms with Gasteiger partial charge in [0.2, 0.25) is 0 Å². The van der Waals surface area contributed by atoms with E-state index in [9.17, 15) is 5.11 Å². The van der Waals surface area contributed by atoms with Crippen LogP contribution in [0, 0.1) is 6.92 Å². The Balaban J connectivity index is 1.94. The van der Waals surface area contributed by atoms with Crippen LogP contribution >= 0.6 is 0 Å². The van der Waals surface area contributed by atoms with Gasteiger partial charge in [0.15, 0.2) is 0 Å². The third kappa shape index (κ3) is 2.79. The molecule has 2 heteroatoms. The van der Waals surface area contributed by atoms with E-state index < -0.39 is 0 Å². The molecule has 5 rings (SSSR count). The van der Waals surface area contributed by atoms with Gasteiger partial charge in [-0.15, -0.1) is 0 Å². The fraction of sp³-hybridized carbons (Fsp3) is 0.214. The summed E-state index contributed by atoms with van der Waals surface area (Å²) in [7, 11) is 0. The van der Waals surface area contributed by atoms with Gasteiger partial charge in [-0.05, 0) is 60.1 Å². The average Bonchev–Trinajstić information content (AvgIpc) is 3.06. The highest BCUT2D eigenvalue weighted by Gasteiger charge is 2.29. The lowest BCUT2D eigenvalue weighted by Gasteiger charge is -2.21. The van der Waals surface area contributed by atoms with Crippen molar-refractivity contribution in [3.8, 4) is 33.8 Å². The first kappa shape index (κ1) is 18.7. The van der Waals surface area contributed by atoms with E-state index >= 15 is 0 Å². The van der Waals surface area contributed by atoms with E-state index in [-0.39, 0.29) is 0 Å². The molecule has 0 saturated carbocycles. The highest BCUT2D eigenvalue weighted by Crippen LogP contribution is 2.47. The van der Waals surface area contributed by atoms with Gasteiger partial charge in [-0.1, -0.05) is 74.5 Å². The molecule has 0 unspecified atom stereocenters. The molecule has 1 aliphatic rings. The van der Waals surface area contributed by atoms with E-state index in [2.05, 4.69) is 73.9 Å². The molecule has 0 amide bonds. The largest absolute Gasteiger partial charge is 0.506 e. The topological polar surface area (TPSA) is 25.2 Å². The van der Waals surface area contributed by atoms with Crippen LogP contribution in [-0.4, -0.2) is 9.67 Å². The zero-order valence-electron chi connectivity index (χ0n) is 17.8. The molecule has 0 fully saturated rings. The molecule has 0 atom stereocenters. The zero-order valence-corrected chi connectivity index (χ0v) is 17.8. The number of benzene rings is 3. The third-order valence-corrected chi connectivity index (χ3v) is 6.43. The van der Waals surface area contributed by atoms with Crippen LogP contribution in [0.5, 0.6) is 5.75 Å². The minimum atomic E-state index is 0.310. The highest BCUT2D eigenvalue weighted by molar-refractivity contribution is 5.90. The number of aromatic hydroxyl groups is 1. The van der Waals surface area contributed by atoms with Crippen molar-refractivity contribution in [3.63, 3.8) is 0 Å². The van der Waals surface area contributed by atoms with Gasteiger partial charge < -0.3 is 9.67 Å². The van der Waals surface area contributed by atoms with Crippen molar-refractivity contribution < 1.29 is 5.11 Å². The summed E-state index contributed by atoms with van der Waals surface area (Å²) in [5.41, 5.74) is 11.3. The molecule has 0 spiro atoms.